The monoisotopic (exact) mass is 1840 g/mol. The minimum absolute atomic E-state index is 0.0564. The molecule has 16 nitrogen and oxygen atoms in total. The molecule has 5 N–H and O–H groups in total. The van der Waals surface area contributed by atoms with Crippen LogP contribution < -0.4 is 31.5 Å². The van der Waals surface area contributed by atoms with Crippen molar-refractivity contribution < 1.29 is 42.9 Å². The van der Waals surface area contributed by atoms with Gasteiger partial charge in [-0.25, -0.2) is 19.2 Å². The molecule has 4 aliphatic heterocycles. The average Bonchev–Trinajstić information content (AvgIpc) is 1.62. The first-order valence-electron chi connectivity index (χ1n) is 50.4. The fourth-order valence-corrected chi connectivity index (χ4v) is 18.8. The number of nitrogens with one attached hydrogen (secondary N) is 5. The molecule has 5 amide bonds. The van der Waals surface area contributed by atoms with E-state index in [1.165, 1.54) is 151 Å². The van der Waals surface area contributed by atoms with E-state index in [0.717, 1.165) is 109 Å². The lowest BCUT2D eigenvalue weighted by Gasteiger charge is -2.34. The fourth-order valence-electron chi connectivity index (χ4n) is 18.8. The molecule has 3 aliphatic carbocycles. The van der Waals surface area contributed by atoms with Crippen LogP contribution in [0, 0.1) is 0 Å². The Hall–Kier alpha value is -9.31. The third-order valence-electron chi connectivity index (χ3n) is 27.0. The Morgan fingerprint density at radius 3 is 1.24 bits per heavy atom. The second-order valence-corrected chi connectivity index (χ2v) is 48.9. The van der Waals surface area contributed by atoms with E-state index >= 15 is 0 Å². The predicted octanol–water partition coefficient (Wildman–Crippen LogP) is 29.6. The first kappa shape index (κ1) is 110. The van der Waals surface area contributed by atoms with Crippen molar-refractivity contribution in [2.75, 3.05) is 55.4 Å². The normalized spacial score (nSPS) is 17.9. The molecule has 0 bridgehead atoms. The van der Waals surface area contributed by atoms with Crippen molar-refractivity contribution in [2.45, 2.75) is 422 Å². The van der Waals surface area contributed by atoms with Crippen LogP contribution in [0.25, 0.3) is 0 Å². The summed E-state index contributed by atoms with van der Waals surface area (Å²) in [5.74, 6) is 0.148. The first-order valence-corrected chi connectivity index (χ1v) is 50.4. The Balaban J connectivity index is 0.000000193. The van der Waals surface area contributed by atoms with E-state index < -0.39 is 11.2 Å². The van der Waals surface area contributed by atoms with Crippen LogP contribution in [0.4, 0.5) is 36.2 Å². The van der Waals surface area contributed by atoms with E-state index in [1.54, 1.807) is 11.8 Å². The highest BCUT2D eigenvalue weighted by atomic mass is 16.6. The molecule has 0 aromatic heterocycles. The van der Waals surface area contributed by atoms with Crippen molar-refractivity contribution >= 4 is 47.3 Å². The number of aryl methyl sites for hydroxylation is 4. The minimum Gasteiger partial charge on any atom is -0.453 e. The highest BCUT2D eigenvalue weighted by molar-refractivity contribution is 5.93. The minimum atomic E-state index is -0.463. The van der Waals surface area contributed by atoms with Gasteiger partial charge in [-0.2, -0.15) is 0 Å². The van der Waals surface area contributed by atoms with Crippen LogP contribution >= 0.6 is 0 Å². The van der Waals surface area contributed by atoms with Gasteiger partial charge in [-0.15, -0.1) is 0 Å². The molecule has 134 heavy (non-hydrogen) atoms. The molecule has 738 valence electrons. The number of hydrogen-bond acceptors (Lipinski definition) is 11. The number of fused-ring (bicyclic) bond motifs is 7. The molecule has 0 fully saturated rings. The Morgan fingerprint density at radius 1 is 0.396 bits per heavy atom. The Morgan fingerprint density at radius 2 is 0.791 bits per heavy atom. The number of nitrogens with zero attached hydrogens (tertiary/aromatic N) is 2. The molecule has 4 heterocycles. The van der Waals surface area contributed by atoms with Crippen molar-refractivity contribution in [3.63, 3.8) is 0 Å². The molecular weight excluding hydrogens is 1660 g/mol. The van der Waals surface area contributed by atoms with Gasteiger partial charge >= 0.3 is 24.4 Å². The highest BCUT2D eigenvalue weighted by Gasteiger charge is 2.36. The lowest BCUT2D eigenvalue weighted by Crippen LogP contribution is -2.40. The number of hydrogen-bond donors (Lipinski definition) is 5. The van der Waals surface area contributed by atoms with E-state index in [2.05, 4.69) is 327 Å². The summed E-state index contributed by atoms with van der Waals surface area (Å²) in [7, 11) is 1.41. The lowest BCUT2D eigenvalue weighted by atomic mass is 9.78. The topological polar surface area (TPSA) is 189 Å². The molecule has 3 atom stereocenters. The van der Waals surface area contributed by atoms with Crippen LogP contribution in [0.3, 0.4) is 0 Å². The number of amides is 5. The summed E-state index contributed by atoms with van der Waals surface area (Å²) < 4.78 is 20.6. The number of methoxy groups -OCH3 is 1. The van der Waals surface area contributed by atoms with E-state index in [4.69, 9.17) is 18.9 Å². The molecule has 7 aromatic rings. The van der Waals surface area contributed by atoms with Gasteiger partial charge in [0.25, 0.3) is 0 Å². The summed E-state index contributed by atoms with van der Waals surface area (Å²) in [6.07, 6.45) is 17.8. The highest BCUT2D eigenvalue weighted by Crippen LogP contribution is 2.45. The number of carbonyl (C=O) groups is 5. The van der Waals surface area contributed by atoms with Gasteiger partial charge in [0.15, 0.2) is 0 Å². The van der Waals surface area contributed by atoms with E-state index in [9.17, 15) is 24.0 Å². The van der Waals surface area contributed by atoms with Gasteiger partial charge < -0.3 is 55.3 Å². The maximum absolute atomic E-state index is 12.2. The Bertz CT molecular complexity index is 5100. The van der Waals surface area contributed by atoms with Gasteiger partial charge in [-0.3, -0.25) is 4.79 Å². The number of ether oxygens (including phenoxy) is 4. The van der Waals surface area contributed by atoms with Gasteiger partial charge in [0.2, 0.25) is 5.91 Å². The van der Waals surface area contributed by atoms with Crippen molar-refractivity contribution in [2.24, 2.45) is 0 Å². The summed E-state index contributed by atoms with van der Waals surface area (Å²) >= 11 is 0. The van der Waals surface area contributed by atoms with Crippen LogP contribution in [0.15, 0.2) is 127 Å². The van der Waals surface area contributed by atoms with Gasteiger partial charge in [0.05, 0.1) is 31.8 Å². The quantitative estimate of drug-likeness (QED) is 0.106. The number of rotatable bonds is 4. The van der Waals surface area contributed by atoms with Gasteiger partial charge in [-0.05, 0) is 325 Å². The summed E-state index contributed by atoms with van der Waals surface area (Å²) in [5.41, 5.74) is 28.7. The molecule has 7 aromatic carbocycles. The maximum atomic E-state index is 12.2. The van der Waals surface area contributed by atoms with Crippen molar-refractivity contribution in [1.29, 1.82) is 0 Å². The van der Waals surface area contributed by atoms with Crippen LogP contribution in [0.1, 0.15) is 424 Å². The molecule has 0 saturated heterocycles. The van der Waals surface area contributed by atoms with Gasteiger partial charge in [0, 0.05) is 56.7 Å². The molecule has 0 radical (unpaired) electrons. The summed E-state index contributed by atoms with van der Waals surface area (Å²) in [5, 5.41) is 16.1. The third-order valence-corrected chi connectivity index (χ3v) is 27.0. The largest absolute Gasteiger partial charge is 0.453 e. The van der Waals surface area contributed by atoms with E-state index in [-0.39, 0.29) is 91.7 Å². The second kappa shape index (κ2) is 45.3. The summed E-state index contributed by atoms with van der Waals surface area (Å²) in [4.78, 5) is 63.2. The summed E-state index contributed by atoms with van der Waals surface area (Å²) in [6.45, 7) is 75.9. The molecule has 16 heteroatoms. The fraction of sp³-hybridized carbons (Fsp3) is 0.602. The smallest absolute Gasteiger partial charge is 0.410 e. The maximum Gasteiger partial charge on any atom is 0.410 e. The lowest BCUT2D eigenvalue weighted by molar-refractivity contribution is -0.116. The standard InChI is InChI=1S/C19H29NO2.C18H27NO2.C18H27NO.C17H25NO2.C16H23NO2.C16H25N.C14H21N/c1-18(2,3)14-11-10-13-8-7-9-16(15(13)12-14)20-17(21)22-19(4,5)6;1-17(2,3)15-9-7-8-13-12-19(11-10-14(13)15)16(20)21-18(4,5)6;1-13(20)19-11-7-10-18(5,6)15-9-8-14(12-16(15)19)17(2,3)4;1-5-20-16(19)18-15-8-6-7-12-9-10-13(11-14(12)15)17(2,3)4;1-16(2,3)12-9-8-11-6-5-7-14(13(11)10-12)17-15(18)19-4;1-15(2,3)12-7-8-13-14(11-12)17-10-6-9-16(13,4)5;1-14(2,3)12-8-7-11-6-4-5-9-15-13(11)10-12/h10-12,16H,7-9H2,1-6H3,(H,20,21);7-9H,10-12H2,1-6H3;8-9,12H,7,10-11H2,1-6H3;9-11,15H,5-8H2,1-4H3,(H,18,19);8-10,14H,5-7H2,1-4H3,(H,17,18);7-8,11,17H,6,9-10H2,1-5H3;7-8,10,15H,4-6,9H2,1-3H3. The average molecular weight is 1840 g/mol. The molecule has 7 aliphatic rings. The Kier molecular flexibility index (Phi) is 37.2. The summed E-state index contributed by atoms with van der Waals surface area (Å²) in [6, 6.07) is 47.3. The molecule has 0 spiro atoms. The van der Waals surface area contributed by atoms with Crippen LogP contribution in [0.2, 0.25) is 0 Å². The van der Waals surface area contributed by atoms with Crippen LogP contribution in [-0.2, 0) is 111 Å². The molecule has 14 rings (SSSR count). The van der Waals surface area contributed by atoms with Gasteiger partial charge in [-0.1, -0.05) is 282 Å². The Labute approximate surface area is 811 Å². The molecule has 3 unspecified atom stereocenters. The first-order chi connectivity index (χ1) is 62.0. The SMILES string of the molecule is CC(=O)N1CCCC(C)(C)c2ccc(C(C)(C)C)cc21.CC(C)(C)OC(=O)N1CCc2c(cccc2C(C)(C)C)C1.CC(C)(C)OC(=O)NC1CCCc2ccc(C(C)(C)C)cc21.CC(C)(C)c1ccc2c(c1)NCCCC2.CC(C)(C)c1ccc2c(c1)NCCCC2(C)C.CCOC(=O)NC1CCCc2ccc(C(C)(C)C)cc21.COC(=O)NC1CCCc2ccc(C(C)(C)C)cc21. The number of alkyl carbamates (subject to hydrolysis) is 3. The third kappa shape index (κ3) is 32.2. The van der Waals surface area contributed by atoms with Crippen molar-refractivity contribution in [3.8, 4) is 0 Å². The van der Waals surface area contributed by atoms with E-state index in [1.807, 2.05) is 53.4 Å². The zero-order valence-corrected chi connectivity index (χ0v) is 89.7. The number of carbonyl (C=O) groups excluding carboxylic acids is 5. The molecule has 0 saturated carbocycles. The molecular formula is C118H177N7O9. The zero-order valence-electron chi connectivity index (χ0n) is 89.7. The number of anilines is 3. The predicted molar refractivity (Wildman–Crippen MR) is 561 cm³/mol. The number of benzene rings is 7. The van der Waals surface area contributed by atoms with Crippen LogP contribution in [-0.4, -0.2) is 86.3 Å². The van der Waals surface area contributed by atoms with E-state index in [0.29, 0.717) is 18.6 Å². The van der Waals surface area contributed by atoms with Crippen molar-refractivity contribution in [1.82, 2.24) is 20.9 Å². The van der Waals surface area contributed by atoms with Gasteiger partial charge in [0.1, 0.15) is 11.2 Å². The second-order valence-electron chi connectivity index (χ2n) is 48.9. The van der Waals surface area contributed by atoms with Crippen molar-refractivity contribution in [3.05, 3.63) is 228 Å². The van der Waals surface area contributed by atoms with Crippen LogP contribution in [0.5, 0.6) is 0 Å². The zero-order chi connectivity index (χ0) is 99.9.